The molecule has 0 spiro atoms. The van der Waals surface area contributed by atoms with E-state index in [0.29, 0.717) is 31.9 Å². The molecule has 4 heterocycles. The molecule has 1 fully saturated rings. The van der Waals surface area contributed by atoms with Gasteiger partial charge in [0.2, 0.25) is 15.9 Å². The smallest absolute Gasteiger partial charge is 0.223 e. The highest BCUT2D eigenvalue weighted by Crippen LogP contribution is 2.43. The number of carbonyl (C=O) groups excluding carboxylic acids is 1. The third-order valence-electron chi connectivity index (χ3n) is 6.82. The lowest BCUT2D eigenvalue weighted by Crippen LogP contribution is -2.52. The van der Waals surface area contributed by atoms with Crippen LogP contribution in [0.4, 0.5) is 0 Å². The van der Waals surface area contributed by atoms with Gasteiger partial charge in [0.25, 0.3) is 0 Å². The van der Waals surface area contributed by atoms with Crippen molar-refractivity contribution in [2.24, 2.45) is 5.73 Å². The van der Waals surface area contributed by atoms with Gasteiger partial charge in [-0.25, -0.2) is 8.42 Å². The van der Waals surface area contributed by atoms with Crippen LogP contribution in [0.1, 0.15) is 18.2 Å². The number of thiophene rings is 1. The fourth-order valence-electron chi connectivity index (χ4n) is 4.92. The number of hydrogen-bond acceptors (Lipinski definition) is 7. The first-order valence-electron chi connectivity index (χ1n) is 12.1. The number of nitrogens with two attached hydrogens (primary N) is 1. The summed E-state index contributed by atoms with van der Waals surface area (Å²) in [6.45, 7) is 4.34. The number of piperazine rings is 1. The van der Waals surface area contributed by atoms with E-state index in [4.69, 9.17) is 5.73 Å². The van der Waals surface area contributed by atoms with Gasteiger partial charge in [-0.15, -0.1) is 11.3 Å². The molecule has 0 saturated carbocycles. The monoisotopic (exact) mass is 535 g/mol. The van der Waals surface area contributed by atoms with Gasteiger partial charge in [0.15, 0.2) is 0 Å². The molecule has 5 rings (SSSR count). The van der Waals surface area contributed by atoms with Gasteiger partial charge in [-0.05, 0) is 24.1 Å². The third kappa shape index (κ3) is 5.28. The lowest BCUT2D eigenvalue weighted by molar-refractivity contribution is -0.117. The van der Waals surface area contributed by atoms with Crippen LogP contribution in [0.15, 0.2) is 61.1 Å². The Morgan fingerprint density at radius 1 is 1.11 bits per heavy atom. The molecule has 0 aliphatic carbocycles. The van der Waals surface area contributed by atoms with E-state index in [1.165, 1.54) is 11.8 Å². The van der Waals surface area contributed by atoms with Crippen LogP contribution in [0, 0.1) is 0 Å². The first-order chi connectivity index (χ1) is 17.7. The molecule has 1 aliphatic heterocycles. The summed E-state index contributed by atoms with van der Waals surface area (Å²) in [5, 5.41) is 1.05. The van der Waals surface area contributed by atoms with Crippen LogP contribution in [-0.4, -0.2) is 65.4 Å². The van der Waals surface area contributed by atoms with E-state index in [1.807, 2.05) is 42.7 Å². The SMILES string of the molecule is CC1CN(S(C)(=O)=O)CCN1Cc1c(-c2ccccc2)sc2c(-c3cccnc3CC(N)=O)cncc12. The highest BCUT2D eigenvalue weighted by atomic mass is 32.2. The molecule has 3 aromatic heterocycles. The van der Waals surface area contributed by atoms with Gasteiger partial charge in [0.05, 0.1) is 18.4 Å². The molecule has 1 aliphatic rings. The molecule has 0 radical (unpaired) electrons. The van der Waals surface area contributed by atoms with Crippen molar-refractivity contribution >= 4 is 37.4 Å². The predicted octanol–water partition coefficient (Wildman–Crippen LogP) is 3.52. The normalized spacial score (nSPS) is 17.3. The summed E-state index contributed by atoms with van der Waals surface area (Å²) in [6.07, 6.45) is 6.72. The van der Waals surface area contributed by atoms with E-state index < -0.39 is 15.9 Å². The Labute approximate surface area is 220 Å². The Morgan fingerprint density at radius 3 is 2.59 bits per heavy atom. The second kappa shape index (κ2) is 10.3. The first-order valence-corrected chi connectivity index (χ1v) is 14.8. The Bertz CT molecular complexity index is 1550. The summed E-state index contributed by atoms with van der Waals surface area (Å²) in [5.74, 6) is -0.431. The molecule has 0 bridgehead atoms. The highest BCUT2D eigenvalue weighted by Gasteiger charge is 2.30. The maximum Gasteiger partial charge on any atom is 0.223 e. The molecular weight excluding hydrogens is 506 g/mol. The number of fused-ring (bicyclic) bond motifs is 1. The van der Waals surface area contributed by atoms with Gasteiger partial charge in [-0.3, -0.25) is 19.7 Å². The molecule has 1 aromatic carbocycles. The zero-order chi connectivity index (χ0) is 26.2. The van der Waals surface area contributed by atoms with Gasteiger partial charge < -0.3 is 5.73 Å². The van der Waals surface area contributed by atoms with Crippen molar-refractivity contribution in [3.63, 3.8) is 0 Å². The average Bonchev–Trinajstić information content (AvgIpc) is 3.24. The lowest BCUT2D eigenvalue weighted by atomic mass is 10.00. The number of nitrogens with zero attached hydrogens (tertiary/aromatic N) is 4. The summed E-state index contributed by atoms with van der Waals surface area (Å²) in [7, 11) is -3.22. The summed E-state index contributed by atoms with van der Waals surface area (Å²) >= 11 is 1.70. The minimum Gasteiger partial charge on any atom is -0.369 e. The van der Waals surface area contributed by atoms with Crippen LogP contribution in [0.3, 0.4) is 0 Å². The number of carbonyl (C=O) groups is 1. The molecule has 192 valence electrons. The van der Waals surface area contributed by atoms with Crippen molar-refractivity contribution in [1.29, 1.82) is 0 Å². The van der Waals surface area contributed by atoms with Crippen molar-refractivity contribution < 1.29 is 13.2 Å². The molecule has 8 nitrogen and oxygen atoms in total. The maximum absolute atomic E-state index is 12.1. The summed E-state index contributed by atoms with van der Waals surface area (Å²) in [6, 6.07) is 14.2. The van der Waals surface area contributed by atoms with Gasteiger partial charge in [0, 0.05) is 76.9 Å². The summed E-state index contributed by atoms with van der Waals surface area (Å²) in [4.78, 5) is 24.2. The number of primary amides is 1. The second-order valence-corrected chi connectivity index (χ2v) is 12.4. The van der Waals surface area contributed by atoms with E-state index in [2.05, 4.69) is 33.9 Å². The topological polar surface area (TPSA) is 109 Å². The lowest BCUT2D eigenvalue weighted by Gasteiger charge is -2.38. The predicted molar refractivity (Wildman–Crippen MR) is 147 cm³/mol. The highest BCUT2D eigenvalue weighted by molar-refractivity contribution is 7.88. The van der Waals surface area contributed by atoms with Crippen molar-refractivity contribution in [3.8, 4) is 21.6 Å². The number of pyridine rings is 2. The van der Waals surface area contributed by atoms with Crippen LogP contribution in [0.2, 0.25) is 0 Å². The Balaban J connectivity index is 1.62. The molecule has 1 unspecified atom stereocenters. The fourth-order valence-corrected chi connectivity index (χ4v) is 7.14. The summed E-state index contributed by atoms with van der Waals surface area (Å²) in [5.41, 5.74) is 10.2. The Morgan fingerprint density at radius 2 is 1.89 bits per heavy atom. The van der Waals surface area contributed by atoms with E-state index in [9.17, 15) is 13.2 Å². The quantitative estimate of drug-likeness (QED) is 0.388. The molecule has 2 N–H and O–H groups in total. The van der Waals surface area contributed by atoms with Crippen LogP contribution >= 0.6 is 11.3 Å². The molecule has 1 atom stereocenters. The van der Waals surface area contributed by atoms with E-state index in [1.54, 1.807) is 21.8 Å². The molecule has 1 saturated heterocycles. The maximum atomic E-state index is 12.1. The van der Waals surface area contributed by atoms with Crippen molar-refractivity contribution in [3.05, 3.63) is 72.3 Å². The zero-order valence-electron chi connectivity index (χ0n) is 20.8. The molecule has 10 heteroatoms. The van der Waals surface area contributed by atoms with Crippen LogP contribution < -0.4 is 5.73 Å². The minimum absolute atomic E-state index is 0.0540. The third-order valence-corrected chi connectivity index (χ3v) is 9.42. The van der Waals surface area contributed by atoms with Gasteiger partial charge in [0.1, 0.15) is 0 Å². The van der Waals surface area contributed by atoms with Crippen molar-refractivity contribution in [2.75, 3.05) is 25.9 Å². The molecule has 1 amide bonds. The van der Waals surface area contributed by atoms with Gasteiger partial charge in [-0.2, -0.15) is 4.31 Å². The van der Waals surface area contributed by atoms with E-state index >= 15 is 0 Å². The van der Waals surface area contributed by atoms with Crippen molar-refractivity contribution in [2.45, 2.75) is 25.9 Å². The number of sulfonamides is 1. The molecule has 4 aromatic rings. The van der Waals surface area contributed by atoms with Gasteiger partial charge in [-0.1, -0.05) is 36.4 Å². The molecular formula is C27H29N5O3S2. The van der Waals surface area contributed by atoms with Gasteiger partial charge >= 0.3 is 0 Å². The standard InChI is InChI=1S/C27H29N5O3S2/c1-18-16-32(37(2,34)35)12-11-31(18)17-23-22-15-29-14-21(20-9-6-10-30-24(20)13-25(28)33)27(22)36-26(23)19-7-4-3-5-8-19/h3-10,14-15,18H,11-13,16-17H2,1-2H3,(H2,28,33). The number of aromatic nitrogens is 2. The number of hydrogen-bond donors (Lipinski definition) is 1. The Hall–Kier alpha value is -3.18. The van der Waals surface area contributed by atoms with E-state index in [-0.39, 0.29) is 12.5 Å². The first kappa shape index (κ1) is 25.5. The second-order valence-electron chi connectivity index (χ2n) is 9.42. The van der Waals surface area contributed by atoms with Crippen LogP contribution in [-0.2, 0) is 27.8 Å². The largest absolute Gasteiger partial charge is 0.369 e. The number of rotatable bonds is 7. The summed E-state index contributed by atoms with van der Waals surface area (Å²) < 4.78 is 26.8. The average molecular weight is 536 g/mol. The number of amides is 1. The zero-order valence-corrected chi connectivity index (χ0v) is 22.4. The number of benzene rings is 1. The molecule has 37 heavy (non-hydrogen) atoms. The van der Waals surface area contributed by atoms with Crippen molar-refractivity contribution in [1.82, 2.24) is 19.2 Å². The van der Waals surface area contributed by atoms with E-state index in [0.717, 1.165) is 31.7 Å². The van der Waals surface area contributed by atoms with Crippen LogP contribution in [0.25, 0.3) is 31.7 Å². The van der Waals surface area contributed by atoms with Crippen LogP contribution in [0.5, 0.6) is 0 Å². The minimum atomic E-state index is -3.22. The Kier molecular flexibility index (Phi) is 7.09. The fraction of sp³-hybridized carbons (Fsp3) is 0.296.